The van der Waals surface area contributed by atoms with Gasteiger partial charge in [0, 0.05) is 31.2 Å². The highest BCUT2D eigenvalue weighted by molar-refractivity contribution is 5.54. The summed E-state index contributed by atoms with van der Waals surface area (Å²) >= 11 is 0. The highest BCUT2D eigenvalue weighted by Gasteiger charge is 2.25. The lowest BCUT2D eigenvalue weighted by atomic mass is 10.1. The molecule has 1 aliphatic heterocycles. The zero-order chi connectivity index (χ0) is 15.5. The Kier molecular flexibility index (Phi) is 4.44. The lowest BCUT2D eigenvalue weighted by Gasteiger charge is -2.08. The fourth-order valence-electron chi connectivity index (χ4n) is 2.54. The van der Waals surface area contributed by atoms with Crippen molar-refractivity contribution < 1.29 is 18.6 Å². The average Bonchev–Trinajstić information content (AvgIpc) is 3.16. The number of hydrogen-bond donors (Lipinski definition) is 1. The molecular weight excluding hydrogens is 292 g/mol. The van der Waals surface area contributed by atoms with E-state index in [2.05, 4.69) is 10.1 Å². The maximum atomic E-state index is 13.4. The molecule has 5 nitrogen and oxygen atoms in total. The first-order chi connectivity index (χ1) is 10.7. The second-order valence-corrected chi connectivity index (χ2v) is 5.28. The molecule has 22 heavy (non-hydrogen) atoms. The van der Waals surface area contributed by atoms with E-state index in [9.17, 15) is 8.78 Å². The summed E-state index contributed by atoms with van der Waals surface area (Å²) < 4.78 is 33.5. The van der Waals surface area contributed by atoms with Gasteiger partial charge in [-0.25, -0.2) is 18.4 Å². The summed E-state index contributed by atoms with van der Waals surface area (Å²) in [5.74, 6) is -0.544. The molecule has 3 rings (SSSR count). The summed E-state index contributed by atoms with van der Waals surface area (Å²) in [5, 5.41) is 13.4. The quantitative estimate of drug-likeness (QED) is 0.919. The molecule has 1 fully saturated rings. The Morgan fingerprint density at radius 1 is 1.32 bits per heavy atom. The van der Waals surface area contributed by atoms with Crippen LogP contribution in [0, 0.1) is 11.6 Å². The molecule has 2 heterocycles. The van der Waals surface area contributed by atoms with Crippen LogP contribution in [0.4, 0.5) is 8.78 Å². The number of aryl methyl sites for hydroxylation is 1. The van der Waals surface area contributed by atoms with Gasteiger partial charge in [-0.15, -0.1) is 0 Å². The van der Waals surface area contributed by atoms with Gasteiger partial charge in [0.25, 0.3) is 0 Å². The summed E-state index contributed by atoms with van der Waals surface area (Å²) in [6.07, 6.45) is 1.41. The number of ether oxygens (including phenoxy) is 1. The molecule has 0 radical (unpaired) electrons. The van der Waals surface area contributed by atoms with E-state index < -0.39 is 11.6 Å². The van der Waals surface area contributed by atoms with Crippen molar-refractivity contribution in [3.05, 3.63) is 35.7 Å². The van der Waals surface area contributed by atoms with E-state index in [4.69, 9.17) is 9.84 Å². The van der Waals surface area contributed by atoms with E-state index in [0.717, 1.165) is 24.4 Å². The predicted molar refractivity (Wildman–Crippen MR) is 75.3 cm³/mol. The summed E-state index contributed by atoms with van der Waals surface area (Å²) in [6.45, 7) is 1.84. The molecule has 1 atom stereocenters. The van der Waals surface area contributed by atoms with Crippen LogP contribution >= 0.6 is 0 Å². The van der Waals surface area contributed by atoms with Gasteiger partial charge in [0.2, 0.25) is 0 Å². The van der Waals surface area contributed by atoms with E-state index in [-0.39, 0.29) is 12.5 Å². The number of rotatable bonds is 5. The zero-order valence-corrected chi connectivity index (χ0v) is 12.0. The van der Waals surface area contributed by atoms with Crippen LogP contribution in [0.15, 0.2) is 18.2 Å². The number of hydrogen-bond acceptors (Lipinski definition) is 4. The number of benzene rings is 1. The minimum Gasteiger partial charge on any atom is -0.396 e. The van der Waals surface area contributed by atoms with Crippen LogP contribution < -0.4 is 0 Å². The van der Waals surface area contributed by atoms with Gasteiger partial charge in [-0.3, -0.25) is 0 Å². The van der Waals surface area contributed by atoms with Crippen LogP contribution in [0.2, 0.25) is 0 Å². The van der Waals surface area contributed by atoms with Crippen LogP contribution in [-0.4, -0.2) is 39.7 Å². The minimum atomic E-state index is -0.921. The standard InChI is InChI=1S/C15H17F2N3O2/c16-12-3-2-10(8-13(12)17)14-18-15(11-4-7-22-9-11)20(19-14)5-1-6-21/h2-3,8,11,21H,1,4-7,9H2. The van der Waals surface area contributed by atoms with Crippen LogP contribution in [0.3, 0.4) is 0 Å². The van der Waals surface area contributed by atoms with Crippen molar-refractivity contribution in [2.45, 2.75) is 25.3 Å². The van der Waals surface area contributed by atoms with Crippen molar-refractivity contribution in [1.82, 2.24) is 14.8 Å². The van der Waals surface area contributed by atoms with Gasteiger partial charge in [-0.05, 0) is 31.0 Å². The van der Waals surface area contributed by atoms with Crippen molar-refractivity contribution >= 4 is 0 Å². The van der Waals surface area contributed by atoms with Gasteiger partial charge in [0.15, 0.2) is 17.5 Å². The molecule has 1 unspecified atom stereocenters. The van der Waals surface area contributed by atoms with E-state index in [1.807, 2.05) is 0 Å². The summed E-state index contributed by atoms with van der Waals surface area (Å²) in [7, 11) is 0. The zero-order valence-electron chi connectivity index (χ0n) is 12.0. The van der Waals surface area contributed by atoms with Gasteiger partial charge < -0.3 is 9.84 Å². The third kappa shape index (κ3) is 3.00. The molecule has 1 saturated heterocycles. The van der Waals surface area contributed by atoms with E-state index in [0.29, 0.717) is 37.6 Å². The van der Waals surface area contributed by atoms with E-state index >= 15 is 0 Å². The van der Waals surface area contributed by atoms with Crippen LogP contribution in [0.1, 0.15) is 24.6 Å². The smallest absolute Gasteiger partial charge is 0.181 e. The molecule has 0 amide bonds. The van der Waals surface area contributed by atoms with Gasteiger partial charge in [0.1, 0.15) is 5.82 Å². The second kappa shape index (κ2) is 6.50. The third-order valence-electron chi connectivity index (χ3n) is 3.70. The Morgan fingerprint density at radius 2 is 2.18 bits per heavy atom. The predicted octanol–water partition coefficient (Wildman–Crippen LogP) is 2.11. The normalized spacial score (nSPS) is 18.0. The van der Waals surface area contributed by atoms with Crippen molar-refractivity contribution in [1.29, 1.82) is 0 Å². The molecule has 0 saturated carbocycles. The maximum Gasteiger partial charge on any atom is 0.181 e. The average molecular weight is 309 g/mol. The third-order valence-corrected chi connectivity index (χ3v) is 3.70. The summed E-state index contributed by atoms with van der Waals surface area (Å²) in [5.41, 5.74) is 0.432. The molecule has 0 bridgehead atoms. The fraction of sp³-hybridized carbons (Fsp3) is 0.467. The Labute approximate surface area is 126 Å². The molecule has 1 aliphatic rings. The molecule has 1 aromatic carbocycles. The number of aromatic nitrogens is 3. The van der Waals surface area contributed by atoms with Gasteiger partial charge in [-0.2, -0.15) is 5.10 Å². The second-order valence-electron chi connectivity index (χ2n) is 5.28. The van der Waals surface area contributed by atoms with Crippen molar-refractivity contribution in [2.75, 3.05) is 19.8 Å². The lowest BCUT2D eigenvalue weighted by molar-refractivity contribution is 0.192. The van der Waals surface area contributed by atoms with Gasteiger partial charge in [0.05, 0.1) is 6.61 Å². The summed E-state index contributed by atoms with van der Waals surface area (Å²) in [6, 6.07) is 3.62. The van der Waals surface area contributed by atoms with Crippen molar-refractivity contribution in [2.24, 2.45) is 0 Å². The Morgan fingerprint density at radius 3 is 2.86 bits per heavy atom. The van der Waals surface area contributed by atoms with Crippen LogP contribution in [0.25, 0.3) is 11.4 Å². The largest absolute Gasteiger partial charge is 0.396 e. The molecule has 0 aliphatic carbocycles. The molecular formula is C15H17F2N3O2. The molecule has 1 N–H and O–H groups in total. The van der Waals surface area contributed by atoms with Crippen molar-refractivity contribution in [3.8, 4) is 11.4 Å². The topological polar surface area (TPSA) is 60.2 Å². The molecule has 1 aromatic heterocycles. The van der Waals surface area contributed by atoms with Crippen LogP contribution in [-0.2, 0) is 11.3 Å². The van der Waals surface area contributed by atoms with E-state index in [1.165, 1.54) is 6.07 Å². The van der Waals surface area contributed by atoms with E-state index in [1.54, 1.807) is 4.68 Å². The molecule has 0 spiro atoms. The number of aliphatic hydroxyl groups is 1. The molecule has 2 aromatic rings. The number of halogens is 2. The monoisotopic (exact) mass is 309 g/mol. The first kappa shape index (κ1) is 15.1. The highest BCUT2D eigenvalue weighted by Crippen LogP contribution is 2.27. The Hall–Kier alpha value is -1.86. The highest BCUT2D eigenvalue weighted by atomic mass is 19.2. The molecule has 7 heteroatoms. The SMILES string of the molecule is OCCCn1nc(-c2ccc(F)c(F)c2)nc1C1CCOC1. The first-order valence-electron chi connectivity index (χ1n) is 7.28. The van der Waals surface area contributed by atoms with Crippen LogP contribution in [0.5, 0.6) is 0 Å². The Bertz CT molecular complexity index is 654. The first-order valence-corrected chi connectivity index (χ1v) is 7.28. The van der Waals surface area contributed by atoms with Gasteiger partial charge in [-0.1, -0.05) is 0 Å². The fourth-order valence-corrected chi connectivity index (χ4v) is 2.54. The number of aliphatic hydroxyl groups excluding tert-OH is 1. The molecule has 118 valence electrons. The Balaban J connectivity index is 1.95. The van der Waals surface area contributed by atoms with Gasteiger partial charge >= 0.3 is 0 Å². The lowest BCUT2D eigenvalue weighted by Crippen LogP contribution is -2.11. The number of nitrogens with zero attached hydrogens (tertiary/aromatic N) is 3. The maximum absolute atomic E-state index is 13.4. The summed E-state index contributed by atoms with van der Waals surface area (Å²) in [4.78, 5) is 4.49. The minimum absolute atomic E-state index is 0.0565. The van der Waals surface area contributed by atoms with Crippen molar-refractivity contribution in [3.63, 3.8) is 0 Å².